The molecule has 190 valence electrons. The lowest BCUT2D eigenvalue weighted by molar-refractivity contribution is -0.704. The first-order valence-corrected chi connectivity index (χ1v) is 14.3. The third-order valence-electron chi connectivity index (χ3n) is 7.80. The molecule has 3 aromatic rings. The van der Waals surface area contributed by atoms with Crippen molar-refractivity contribution in [3.05, 3.63) is 90.0 Å². The van der Waals surface area contributed by atoms with Crippen LogP contribution < -0.4 is 4.57 Å². The normalized spacial score (nSPS) is 14.0. The molecule has 0 saturated heterocycles. The molecule has 1 N–H and O–H groups in total. The van der Waals surface area contributed by atoms with Gasteiger partial charge in [-0.2, -0.15) is 0 Å². The topological polar surface area (TPSA) is 19.7 Å². The molecule has 0 spiro atoms. The first-order chi connectivity index (χ1) is 17.2. The van der Waals surface area contributed by atoms with Crippen LogP contribution in [0.25, 0.3) is 0 Å². The molecule has 0 aliphatic heterocycles. The number of hydrogen-bond acceptors (Lipinski definition) is 0. The fourth-order valence-corrected chi connectivity index (χ4v) is 5.79. The molecule has 3 rings (SSSR count). The lowest BCUT2D eigenvalue weighted by atomic mass is 9.66. The minimum Gasteiger partial charge on any atom is -0.247 e. The summed E-state index contributed by atoms with van der Waals surface area (Å²) in [4.78, 5) is 3.70. The van der Waals surface area contributed by atoms with E-state index in [9.17, 15) is 0 Å². The molecule has 0 bridgehead atoms. The lowest BCUT2D eigenvalue weighted by Gasteiger charge is -2.37. The van der Waals surface area contributed by atoms with Crippen molar-refractivity contribution in [2.45, 2.75) is 116 Å². The highest BCUT2D eigenvalue weighted by molar-refractivity contribution is 5.32. The Morgan fingerprint density at radius 2 is 1.34 bits per heavy atom. The molecule has 35 heavy (non-hydrogen) atoms. The van der Waals surface area contributed by atoms with Crippen molar-refractivity contribution in [1.29, 1.82) is 0 Å². The number of nitrogens with zero attached hydrogens (tertiary/aromatic N) is 1. The second-order valence-electron chi connectivity index (χ2n) is 10.7. The van der Waals surface area contributed by atoms with Crippen molar-refractivity contribution >= 4 is 0 Å². The molecular weight excluding hydrogens is 424 g/mol. The Hall–Kier alpha value is -2.35. The molecule has 0 amide bonds. The Morgan fingerprint density at radius 3 is 1.97 bits per heavy atom. The predicted molar refractivity (Wildman–Crippen MR) is 150 cm³/mol. The first-order valence-electron chi connectivity index (χ1n) is 14.3. The minimum absolute atomic E-state index is 0.0170. The number of rotatable bonds is 17. The van der Waals surface area contributed by atoms with Gasteiger partial charge in [0.05, 0.1) is 12.5 Å². The second-order valence-corrected chi connectivity index (χ2v) is 10.7. The summed E-state index contributed by atoms with van der Waals surface area (Å²) in [6.45, 7) is 8.15. The maximum Gasteiger partial charge on any atom is 0.258 e. The number of aromatic nitrogens is 2. The van der Waals surface area contributed by atoms with E-state index in [-0.39, 0.29) is 5.41 Å². The van der Waals surface area contributed by atoms with E-state index in [1.54, 1.807) is 0 Å². The zero-order valence-corrected chi connectivity index (χ0v) is 22.6. The van der Waals surface area contributed by atoms with Crippen molar-refractivity contribution in [3.8, 4) is 0 Å². The van der Waals surface area contributed by atoms with Gasteiger partial charge in [-0.05, 0) is 30.4 Å². The Labute approximate surface area is 215 Å². The summed E-state index contributed by atoms with van der Waals surface area (Å²) in [5, 5.41) is 0. The van der Waals surface area contributed by atoms with Crippen LogP contribution in [0.4, 0.5) is 0 Å². The van der Waals surface area contributed by atoms with Crippen molar-refractivity contribution in [2.24, 2.45) is 0 Å². The van der Waals surface area contributed by atoms with Crippen molar-refractivity contribution in [2.75, 3.05) is 0 Å². The van der Waals surface area contributed by atoms with Gasteiger partial charge < -0.3 is 0 Å². The number of H-pyrrole nitrogens is 1. The number of benzene rings is 2. The van der Waals surface area contributed by atoms with Crippen LogP contribution >= 0.6 is 0 Å². The summed E-state index contributed by atoms with van der Waals surface area (Å²) >= 11 is 0. The molecule has 1 aromatic heterocycles. The van der Waals surface area contributed by atoms with Gasteiger partial charge in [0, 0.05) is 5.41 Å². The number of unbranched alkanes of at least 4 members (excludes halogenated alkanes) is 8. The van der Waals surface area contributed by atoms with Gasteiger partial charge in [-0.15, -0.1) is 0 Å². The summed E-state index contributed by atoms with van der Waals surface area (Å²) in [5.74, 6) is 1.84. The molecule has 0 aliphatic carbocycles. The van der Waals surface area contributed by atoms with Gasteiger partial charge in [-0.1, -0.05) is 139 Å². The van der Waals surface area contributed by atoms with Crippen LogP contribution in [-0.2, 0) is 18.4 Å². The third kappa shape index (κ3) is 8.09. The SMILES string of the molecule is CCCCCCCCCCCC(c1[nH]cc[n+]1CCC)C(C)(Cc1ccccc1)c1ccccc1. The quantitative estimate of drug-likeness (QED) is 0.149. The summed E-state index contributed by atoms with van der Waals surface area (Å²) in [7, 11) is 0. The largest absolute Gasteiger partial charge is 0.258 e. The molecule has 2 nitrogen and oxygen atoms in total. The summed E-state index contributed by atoms with van der Waals surface area (Å²) in [6, 6.07) is 22.4. The highest BCUT2D eigenvalue weighted by Gasteiger charge is 2.41. The minimum atomic E-state index is 0.0170. The fourth-order valence-electron chi connectivity index (χ4n) is 5.79. The average molecular weight is 474 g/mol. The van der Waals surface area contributed by atoms with Crippen molar-refractivity contribution in [1.82, 2.24) is 4.98 Å². The maximum atomic E-state index is 3.70. The number of imidazole rings is 1. The average Bonchev–Trinajstić information content (AvgIpc) is 3.34. The first kappa shape index (κ1) is 27.2. The van der Waals surface area contributed by atoms with Gasteiger partial charge in [0.2, 0.25) is 0 Å². The molecule has 2 heteroatoms. The Morgan fingerprint density at radius 1 is 0.743 bits per heavy atom. The molecule has 0 radical (unpaired) electrons. The second kappa shape index (κ2) is 14.9. The van der Waals surface area contributed by atoms with E-state index in [0.29, 0.717) is 5.92 Å². The van der Waals surface area contributed by atoms with E-state index in [2.05, 4.69) is 103 Å². The zero-order valence-electron chi connectivity index (χ0n) is 22.6. The number of hydrogen-bond donors (Lipinski definition) is 1. The maximum absolute atomic E-state index is 3.70. The monoisotopic (exact) mass is 473 g/mol. The van der Waals surface area contributed by atoms with E-state index in [0.717, 1.165) is 19.4 Å². The standard InChI is InChI=1S/C33H48N2/c1-4-6-7-8-9-10-11-12-19-24-31(32-34-25-27-35(32)26-5-2)33(3,30-22-17-14-18-23-30)28-29-20-15-13-16-21-29/h13-18,20-23,25,27,31H,4-12,19,24,26,28H2,1-3H3/p+1. The number of aryl methyl sites for hydroxylation is 1. The van der Waals surface area contributed by atoms with Crippen molar-refractivity contribution < 1.29 is 4.57 Å². The molecule has 2 aromatic carbocycles. The molecule has 0 fully saturated rings. The van der Waals surface area contributed by atoms with E-state index in [4.69, 9.17) is 0 Å². The predicted octanol–water partition coefficient (Wildman–Crippen LogP) is 8.92. The van der Waals surface area contributed by atoms with Crippen LogP contribution in [-0.4, -0.2) is 4.98 Å². The Balaban J connectivity index is 1.80. The van der Waals surface area contributed by atoms with Crippen LogP contribution in [0.1, 0.15) is 114 Å². The lowest BCUT2D eigenvalue weighted by Crippen LogP contribution is -2.43. The molecule has 0 saturated carbocycles. The van der Waals surface area contributed by atoms with Gasteiger partial charge in [-0.3, -0.25) is 0 Å². The fraction of sp³-hybridized carbons (Fsp3) is 0.545. The third-order valence-corrected chi connectivity index (χ3v) is 7.80. The zero-order chi connectivity index (χ0) is 24.8. The van der Waals surface area contributed by atoms with Crippen molar-refractivity contribution in [3.63, 3.8) is 0 Å². The Bertz CT molecular complexity index is 930. The van der Waals surface area contributed by atoms with Gasteiger partial charge in [-0.25, -0.2) is 9.55 Å². The molecular formula is C33H49N2+. The van der Waals surface area contributed by atoms with E-state index >= 15 is 0 Å². The highest BCUT2D eigenvalue weighted by atomic mass is 15.1. The van der Waals surface area contributed by atoms with E-state index in [1.165, 1.54) is 81.2 Å². The van der Waals surface area contributed by atoms with Gasteiger partial charge in [0.1, 0.15) is 12.4 Å². The van der Waals surface area contributed by atoms with E-state index in [1.807, 2.05) is 0 Å². The molecule has 1 heterocycles. The van der Waals surface area contributed by atoms with Gasteiger partial charge in [0.25, 0.3) is 5.82 Å². The summed E-state index contributed by atoms with van der Waals surface area (Å²) in [5.41, 5.74) is 2.88. The van der Waals surface area contributed by atoms with Crippen LogP contribution in [0, 0.1) is 0 Å². The molecule has 2 unspecified atom stereocenters. The summed E-state index contributed by atoms with van der Waals surface area (Å²) in [6.07, 6.45) is 20.2. The summed E-state index contributed by atoms with van der Waals surface area (Å²) < 4.78 is 2.48. The molecule has 0 aliphatic rings. The van der Waals surface area contributed by atoms with E-state index < -0.39 is 0 Å². The van der Waals surface area contributed by atoms with Gasteiger partial charge in [0.15, 0.2) is 0 Å². The molecule has 2 atom stereocenters. The van der Waals surface area contributed by atoms with Crippen LogP contribution in [0.3, 0.4) is 0 Å². The highest BCUT2D eigenvalue weighted by Crippen LogP contribution is 2.43. The van der Waals surface area contributed by atoms with Gasteiger partial charge >= 0.3 is 0 Å². The van der Waals surface area contributed by atoms with Crippen LogP contribution in [0.5, 0.6) is 0 Å². The van der Waals surface area contributed by atoms with Crippen LogP contribution in [0.15, 0.2) is 73.1 Å². The number of aromatic amines is 1. The van der Waals surface area contributed by atoms with Crippen LogP contribution in [0.2, 0.25) is 0 Å². The smallest absolute Gasteiger partial charge is 0.247 e. The number of nitrogens with one attached hydrogen (secondary N) is 1. The Kier molecular flexibility index (Phi) is 11.6.